The summed E-state index contributed by atoms with van der Waals surface area (Å²) in [6, 6.07) is 0. The summed E-state index contributed by atoms with van der Waals surface area (Å²) in [6.45, 7) is 6.68. The Bertz CT molecular complexity index is 526. The average molecular weight is 296 g/mol. The number of nitrogens with zero attached hydrogens (tertiary/aromatic N) is 2. The molecule has 0 aliphatic carbocycles. The van der Waals surface area contributed by atoms with Gasteiger partial charge >= 0.3 is 5.97 Å². The Hall–Kier alpha value is -1.43. The van der Waals surface area contributed by atoms with Gasteiger partial charge in [0.25, 0.3) is 5.91 Å². The van der Waals surface area contributed by atoms with Gasteiger partial charge in [-0.2, -0.15) is 0 Å². The summed E-state index contributed by atoms with van der Waals surface area (Å²) < 4.78 is 0. The lowest BCUT2D eigenvalue weighted by Crippen LogP contribution is -2.48. The molecule has 1 aliphatic heterocycles. The number of rotatable bonds is 3. The number of carboxylic acids is 1. The molecule has 1 saturated heterocycles. The maximum atomic E-state index is 12.4. The van der Waals surface area contributed by atoms with E-state index in [-0.39, 0.29) is 12.5 Å². The molecule has 1 aromatic rings. The highest BCUT2D eigenvalue weighted by Gasteiger charge is 2.39. The summed E-state index contributed by atoms with van der Waals surface area (Å²) in [5.74, 6) is -0.629. The van der Waals surface area contributed by atoms with Crippen LogP contribution in [0.5, 0.6) is 0 Å². The third-order valence-electron chi connectivity index (χ3n) is 3.73. The number of amides is 1. The Balaban J connectivity index is 2.14. The van der Waals surface area contributed by atoms with Crippen molar-refractivity contribution < 1.29 is 14.7 Å². The second-order valence-corrected chi connectivity index (χ2v) is 6.98. The van der Waals surface area contributed by atoms with Gasteiger partial charge < -0.3 is 10.0 Å². The molecule has 0 aromatic carbocycles. The van der Waals surface area contributed by atoms with E-state index in [1.54, 1.807) is 18.0 Å². The molecule has 1 amide bonds. The average Bonchev–Trinajstić information content (AvgIpc) is 2.87. The highest BCUT2D eigenvalue weighted by atomic mass is 32.1. The molecule has 2 heterocycles. The van der Waals surface area contributed by atoms with Crippen molar-refractivity contribution in [3.8, 4) is 0 Å². The van der Waals surface area contributed by atoms with Crippen LogP contribution in [0.2, 0.25) is 0 Å². The minimum atomic E-state index is -0.834. The lowest BCUT2D eigenvalue weighted by Gasteiger charge is -2.37. The standard InChI is InChI=1S/C14H20N2O3S/c1-9(2)11-15-7-10(20-11)12(17)16-6-4-5-14(3,8-16)13(18)19/h7,9H,4-6,8H2,1-3H3,(H,18,19). The molecule has 1 unspecified atom stereocenters. The molecule has 1 N–H and O–H groups in total. The summed E-state index contributed by atoms with van der Waals surface area (Å²) >= 11 is 1.40. The van der Waals surface area contributed by atoms with Crippen LogP contribution in [-0.2, 0) is 4.79 Å². The molecule has 2 rings (SSSR count). The Morgan fingerprint density at radius 1 is 1.50 bits per heavy atom. The molecule has 0 radical (unpaired) electrons. The number of likely N-dealkylation sites (tertiary alicyclic amines) is 1. The maximum absolute atomic E-state index is 12.4. The first kappa shape index (κ1) is 15.0. The molecular weight excluding hydrogens is 276 g/mol. The molecular formula is C14H20N2O3S. The zero-order valence-electron chi connectivity index (χ0n) is 12.0. The van der Waals surface area contributed by atoms with Gasteiger partial charge in [-0.05, 0) is 19.8 Å². The number of aromatic nitrogens is 1. The summed E-state index contributed by atoms with van der Waals surface area (Å²) in [4.78, 5) is 30.3. The molecule has 1 atom stereocenters. The van der Waals surface area contributed by atoms with E-state index in [0.29, 0.717) is 23.8 Å². The van der Waals surface area contributed by atoms with Crippen LogP contribution >= 0.6 is 11.3 Å². The Morgan fingerprint density at radius 3 is 2.75 bits per heavy atom. The Labute approximate surface area is 122 Å². The number of carboxylic acid groups (broad SMARTS) is 1. The fourth-order valence-corrected chi connectivity index (χ4v) is 3.28. The number of hydrogen-bond donors (Lipinski definition) is 1. The first-order chi connectivity index (χ1) is 9.33. The van der Waals surface area contributed by atoms with Crippen LogP contribution in [-0.4, -0.2) is 40.0 Å². The van der Waals surface area contributed by atoms with Crippen molar-refractivity contribution >= 4 is 23.2 Å². The topological polar surface area (TPSA) is 70.5 Å². The molecule has 0 bridgehead atoms. The lowest BCUT2D eigenvalue weighted by molar-refractivity contribution is -0.150. The quantitative estimate of drug-likeness (QED) is 0.930. The van der Waals surface area contributed by atoms with Gasteiger partial charge in [0.05, 0.1) is 16.6 Å². The molecule has 6 heteroatoms. The van der Waals surface area contributed by atoms with Crippen molar-refractivity contribution in [1.29, 1.82) is 0 Å². The van der Waals surface area contributed by atoms with E-state index in [4.69, 9.17) is 0 Å². The first-order valence-electron chi connectivity index (χ1n) is 6.82. The number of carbonyl (C=O) groups excluding carboxylic acids is 1. The fraction of sp³-hybridized carbons (Fsp3) is 0.643. The van der Waals surface area contributed by atoms with Crippen molar-refractivity contribution in [2.75, 3.05) is 13.1 Å². The number of aliphatic carboxylic acids is 1. The Morgan fingerprint density at radius 2 is 2.20 bits per heavy atom. The monoisotopic (exact) mass is 296 g/mol. The van der Waals surface area contributed by atoms with Crippen molar-refractivity contribution in [1.82, 2.24) is 9.88 Å². The van der Waals surface area contributed by atoms with Crippen molar-refractivity contribution in [3.63, 3.8) is 0 Å². The van der Waals surface area contributed by atoms with Gasteiger partial charge in [0.1, 0.15) is 4.88 Å². The van der Waals surface area contributed by atoms with E-state index >= 15 is 0 Å². The second kappa shape index (κ2) is 5.52. The molecule has 20 heavy (non-hydrogen) atoms. The predicted molar refractivity (Wildman–Crippen MR) is 77.1 cm³/mol. The molecule has 110 valence electrons. The van der Waals surface area contributed by atoms with E-state index in [2.05, 4.69) is 4.98 Å². The van der Waals surface area contributed by atoms with E-state index in [1.807, 2.05) is 13.8 Å². The third-order valence-corrected chi connectivity index (χ3v) is 5.01. The number of piperidine rings is 1. The van der Waals surface area contributed by atoms with Crippen LogP contribution in [0.4, 0.5) is 0 Å². The van der Waals surface area contributed by atoms with Crippen molar-refractivity contribution in [2.45, 2.75) is 39.5 Å². The lowest BCUT2D eigenvalue weighted by atomic mass is 9.82. The molecule has 1 aromatic heterocycles. The molecule has 0 saturated carbocycles. The van der Waals surface area contributed by atoms with Crippen molar-refractivity contribution in [2.24, 2.45) is 5.41 Å². The smallest absolute Gasteiger partial charge is 0.311 e. The van der Waals surface area contributed by atoms with Crippen LogP contribution in [0.15, 0.2) is 6.20 Å². The van der Waals surface area contributed by atoms with Gasteiger partial charge in [-0.25, -0.2) is 4.98 Å². The van der Waals surface area contributed by atoms with E-state index < -0.39 is 11.4 Å². The summed E-state index contributed by atoms with van der Waals surface area (Å²) in [6.07, 6.45) is 2.95. The predicted octanol–water partition coefficient (Wildman–Crippen LogP) is 2.59. The Kier molecular flexibility index (Phi) is 4.13. The van der Waals surface area contributed by atoms with Crippen LogP contribution < -0.4 is 0 Å². The van der Waals surface area contributed by atoms with Crippen molar-refractivity contribution in [3.05, 3.63) is 16.1 Å². The highest BCUT2D eigenvalue weighted by molar-refractivity contribution is 7.13. The van der Waals surface area contributed by atoms with Gasteiger partial charge in [0.2, 0.25) is 0 Å². The largest absolute Gasteiger partial charge is 0.481 e. The van der Waals surface area contributed by atoms with Crippen LogP contribution in [0.25, 0.3) is 0 Å². The number of thiazole rings is 1. The molecule has 1 aliphatic rings. The maximum Gasteiger partial charge on any atom is 0.311 e. The fourth-order valence-electron chi connectivity index (χ4n) is 2.40. The number of hydrogen-bond acceptors (Lipinski definition) is 4. The molecule has 5 nitrogen and oxygen atoms in total. The van der Waals surface area contributed by atoms with Gasteiger partial charge in [-0.15, -0.1) is 11.3 Å². The van der Waals surface area contributed by atoms with Crippen LogP contribution in [0, 0.1) is 5.41 Å². The second-order valence-electron chi connectivity index (χ2n) is 5.91. The summed E-state index contributed by atoms with van der Waals surface area (Å²) in [5, 5.41) is 10.2. The normalized spacial score (nSPS) is 23.1. The van der Waals surface area contributed by atoms with E-state index in [0.717, 1.165) is 11.4 Å². The van der Waals surface area contributed by atoms with E-state index in [1.165, 1.54) is 11.3 Å². The summed E-state index contributed by atoms with van der Waals surface area (Å²) in [7, 11) is 0. The minimum Gasteiger partial charge on any atom is -0.481 e. The zero-order valence-corrected chi connectivity index (χ0v) is 12.9. The SMILES string of the molecule is CC(C)c1ncc(C(=O)N2CCCC(C)(C(=O)O)C2)s1. The highest BCUT2D eigenvalue weighted by Crippen LogP contribution is 2.31. The summed E-state index contributed by atoms with van der Waals surface area (Å²) in [5.41, 5.74) is -0.834. The van der Waals surface area contributed by atoms with Crippen LogP contribution in [0.1, 0.15) is 54.2 Å². The minimum absolute atomic E-state index is 0.0958. The third kappa shape index (κ3) is 2.85. The number of carbonyl (C=O) groups is 2. The van der Waals surface area contributed by atoms with Gasteiger partial charge in [0, 0.05) is 19.0 Å². The van der Waals surface area contributed by atoms with Gasteiger partial charge in [-0.1, -0.05) is 13.8 Å². The van der Waals surface area contributed by atoms with Gasteiger partial charge in [0.15, 0.2) is 0 Å². The first-order valence-corrected chi connectivity index (χ1v) is 7.63. The van der Waals surface area contributed by atoms with E-state index in [9.17, 15) is 14.7 Å². The molecule has 0 spiro atoms. The molecule has 1 fully saturated rings. The van der Waals surface area contributed by atoms with Crippen LogP contribution in [0.3, 0.4) is 0 Å². The van der Waals surface area contributed by atoms with Gasteiger partial charge in [-0.3, -0.25) is 9.59 Å². The zero-order chi connectivity index (χ0) is 14.9.